The maximum atomic E-state index is 13.0. The second-order valence-corrected chi connectivity index (χ2v) is 12.1. The highest BCUT2D eigenvalue weighted by Gasteiger charge is 2.46. The first-order valence-electron chi connectivity index (χ1n) is 9.58. The van der Waals surface area contributed by atoms with Crippen molar-refractivity contribution in [3.63, 3.8) is 0 Å². The average Bonchev–Trinajstić information content (AvgIpc) is 2.82. The van der Waals surface area contributed by atoms with Crippen LogP contribution < -0.4 is 0 Å². The van der Waals surface area contributed by atoms with Crippen molar-refractivity contribution in [2.45, 2.75) is 71.5 Å². The van der Waals surface area contributed by atoms with Crippen LogP contribution in [0.4, 0.5) is 0 Å². The molecule has 0 radical (unpaired) electrons. The molecule has 3 rings (SSSR count). The second kappa shape index (κ2) is 6.96. The molecule has 1 aromatic rings. The highest BCUT2D eigenvalue weighted by molar-refractivity contribution is 9.10. The number of fused-ring (bicyclic) bond motifs is 1. The summed E-state index contributed by atoms with van der Waals surface area (Å²) in [6, 6.07) is 6.66. The van der Waals surface area contributed by atoms with Crippen molar-refractivity contribution in [1.29, 1.82) is 0 Å². The molecule has 1 fully saturated rings. The fraction of sp³-hybridized carbons (Fsp3) is 0.636. The van der Waals surface area contributed by atoms with E-state index in [0.29, 0.717) is 0 Å². The Morgan fingerprint density at radius 2 is 2.08 bits per heavy atom. The van der Waals surface area contributed by atoms with Gasteiger partial charge in [-0.05, 0) is 87.1 Å². The van der Waals surface area contributed by atoms with Gasteiger partial charge in [0.05, 0.1) is 10.8 Å². The predicted octanol–water partition coefficient (Wildman–Crippen LogP) is 6.73. The van der Waals surface area contributed by atoms with Gasteiger partial charge in [0.25, 0.3) is 0 Å². The van der Waals surface area contributed by atoms with Gasteiger partial charge in [-0.15, -0.1) is 0 Å². The van der Waals surface area contributed by atoms with Gasteiger partial charge < -0.3 is 0 Å². The summed E-state index contributed by atoms with van der Waals surface area (Å²) in [6.45, 7) is 11.0. The standard InChI is InChI=1S/C22H31BrOS/c1-6-16-12-22(10-9-15(16)2)13-17-7-8-18(23)11-19(17)20(22)14-25(24)21(3,4)5/h7-8,11,14-16H,6,9-10,12-13H2,1-5H3/b20-14-/t15-,16-,22-,25+/m1/s1. The third-order valence-corrected chi connectivity index (χ3v) is 8.50. The van der Waals surface area contributed by atoms with Crippen LogP contribution in [0.5, 0.6) is 0 Å². The van der Waals surface area contributed by atoms with Crippen LogP contribution in [-0.4, -0.2) is 8.96 Å². The van der Waals surface area contributed by atoms with Crippen LogP contribution >= 0.6 is 15.9 Å². The quantitative estimate of drug-likeness (QED) is 0.516. The SMILES string of the molecule is CC[C@@H]1C[C@]2(CC[C@H]1C)Cc1ccc(Br)cc1/C2=C/[S@](=O)C(C)(C)C. The van der Waals surface area contributed by atoms with Crippen LogP contribution in [0.25, 0.3) is 5.57 Å². The molecule has 1 nitrogen and oxygen atoms in total. The highest BCUT2D eigenvalue weighted by Crippen LogP contribution is 2.58. The molecule has 0 amide bonds. The van der Waals surface area contributed by atoms with E-state index in [2.05, 4.69) is 74.2 Å². The Hall–Kier alpha value is -0.410. The van der Waals surface area contributed by atoms with E-state index >= 15 is 0 Å². The minimum Gasteiger partial charge on any atom is -0.254 e. The van der Waals surface area contributed by atoms with Crippen LogP contribution in [0.2, 0.25) is 0 Å². The molecule has 0 aromatic heterocycles. The summed E-state index contributed by atoms with van der Waals surface area (Å²) < 4.78 is 13.9. The molecule has 2 aliphatic rings. The lowest BCUT2D eigenvalue weighted by Crippen LogP contribution is -2.33. The Morgan fingerprint density at radius 3 is 2.72 bits per heavy atom. The fourth-order valence-corrected chi connectivity index (χ4v) is 5.97. The lowest BCUT2D eigenvalue weighted by molar-refractivity contribution is 0.145. The van der Waals surface area contributed by atoms with E-state index in [1.165, 1.54) is 42.4 Å². The molecular weight excluding hydrogens is 392 g/mol. The largest absolute Gasteiger partial charge is 0.254 e. The Labute approximate surface area is 164 Å². The topological polar surface area (TPSA) is 17.1 Å². The van der Waals surface area contributed by atoms with Crippen molar-refractivity contribution in [2.24, 2.45) is 17.3 Å². The van der Waals surface area contributed by atoms with Gasteiger partial charge in [-0.1, -0.05) is 42.3 Å². The third-order valence-electron chi connectivity index (χ3n) is 6.35. The summed E-state index contributed by atoms with van der Waals surface area (Å²) in [6.07, 6.45) is 6.12. The van der Waals surface area contributed by atoms with Crippen molar-refractivity contribution >= 4 is 32.3 Å². The number of benzene rings is 1. The van der Waals surface area contributed by atoms with Crippen molar-refractivity contribution in [2.75, 3.05) is 0 Å². The Bertz CT molecular complexity index is 715. The van der Waals surface area contributed by atoms with E-state index in [1.54, 1.807) is 0 Å². The molecule has 2 aliphatic carbocycles. The molecule has 138 valence electrons. The van der Waals surface area contributed by atoms with E-state index in [-0.39, 0.29) is 10.2 Å². The lowest BCUT2D eigenvalue weighted by atomic mass is 9.62. The summed E-state index contributed by atoms with van der Waals surface area (Å²) >= 11 is 3.64. The first kappa shape index (κ1) is 19.4. The fourth-order valence-electron chi connectivity index (χ4n) is 4.67. The minimum absolute atomic E-state index is 0.192. The van der Waals surface area contributed by atoms with E-state index < -0.39 is 10.8 Å². The summed E-state index contributed by atoms with van der Waals surface area (Å²) in [4.78, 5) is 0. The molecule has 0 aliphatic heterocycles. The van der Waals surface area contributed by atoms with Crippen molar-refractivity contribution < 1.29 is 4.21 Å². The van der Waals surface area contributed by atoms with Gasteiger partial charge in [-0.2, -0.15) is 0 Å². The summed E-state index contributed by atoms with van der Waals surface area (Å²) in [5.74, 6) is 1.58. The van der Waals surface area contributed by atoms with Gasteiger partial charge in [0.1, 0.15) is 0 Å². The molecule has 1 saturated carbocycles. The molecule has 4 atom stereocenters. The second-order valence-electron chi connectivity index (χ2n) is 9.09. The van der Waals surface area contributed by atoms with Crippen LogP contribution in [0.3, 0.4) is 0 Å². The summed E-state index contributed by atoms with van der Waals surface area (Å²) in [7, 11) is -0.968. The lowest BCUT2D eigenvalue weighted by Gasteiger charge is -2.43. The van der Waals surface area contributed by atoms with E-state index in [9.17, 15) is 4.21 Å². The van der Waals surface area contributed by atoms with E-state index in [0.717, 1.165) is 22.7 Å². The molecule has 1 spiro atoms. The Kier molecular flexibility index (Phi) is 5.39. The molecule has 0 heterocycles. The first-order chi connectivity index (χ1) is 11.7. The number of hydrogen-bond acceptors (Lipinski definition) is 1. The monoisotopic (exact) mass is 422 g/mol. The van der Waals surface area contributed by atoms with Gasteiger partial charge in [0.15, 0.2) is 0 Å². The Balaban J connectivity index is 2.09. The van der Waals surface area contributed by atoms with Gasteiger partial charge in [0, 0.05) is 20.0 Å². The highest BCUT2D eigenvalue weighted by atomic mass is 79.9. The number of halogens is 1. The molecule has 1 aromatic carbocycles. The average molecular weight is 423 g/mol. The number of hydrogen-bond donors (Lipinski definition) is 0. The molecule has 0 unspecified atom stereocenters. The normalized spacial score (nSPS) is 32.2. The van der Waals surface area contributed by atoms with Gasteiger partial charge in [-0.25, -0.2) is 0 Å². The molecule has 25 heavy (non-hydrogen) atoms. The molecule has 0 N–H and O–H groups in total. The van der Waals surface area contributed by atoms with Crippen LogP contribution in [0, 0.1) is 17.3 Å². The zero-order chi connectivity index (χ0) is 18.4. The molecule has 0 bridgehead atoms. The zero-order valence-corrected chi connectivity index (χ0v) is 18.6. The maximum Gasteiger partial charge on any atom is 0.0513 e. The Morgan fingerprint density at radius 1 is 1.36 bits per heavy atom. The van der Waals surface area contributed by atoms with Crippen LogP contribution in [-0.2, 0) is 17.2 Å². The van der Waals surface area contributed by atoms with Crippen molar-refractivity contribution in [1.82, 2.24) is 0 Å². The third kappa shape index (κ3) is 3.69. The zero-order valence-electron chi connectivity index (χ0n) is 16.2. The van der Waals surface area contributed by atoms with Gasteiger partial charge >= 0.3 is 0 Å². The van der Waals surface area contributed by atoms with Gasteiger partial charge in [-0.3, -0.25) is 4.21 Å². The number of rotatable bonds is 2. The van der Waals surface area contributed by atoms with Crippen molar-refractivity contribution in [3.05, 3.63) is 39.2 Å². The van der Waals surface area contributed by atoms with E-state index in [4.69, 9.17) is 0 Å². The van der Waals surface area contributed by atoms with Crippen molar-refractivity contribution in [3.8, 4) is 0 Å². The molecule has 0 saturated heterocycles. The minimum atomic E-state index is -0.968. The van der Waals surface area contributed by atoms with Gasteiger partial charge in [0.2, 0.25) is 0 Å². The maximum absolute atomic E-state index is 13.0. The first-order valence-corrected chi connectivity index (χ1v) is 11.6. The molecular formula is C22H31BrOS. The summed E-state index contributed by atoms with van der Waals surface area (Å²) in [5, 5.41) is 2.11. The smallest absolute Gasteiger partial charge is 0.0513 e. The number of allylic oxidation sites excluding steroid dienone is 1. The van der Waals surface area contributed by atoms with Crippen LogP contribution in [0.15, 0.2) is 28.1 Å². The predicted molar refractivity (Wildman–Crippen MR) is 113 cm³/mol. The van der Waals surface area contributed by atoms with Crippen LogP contribution in [0.1, 0.15) is 71.4 Å². The molecule has 3 heteroatoms. The summed E-state index contributed by atoms with van der Waals surface area (Å²) in [5.41, 5.74) is 4.32. The van der Waals surface area contributed by atoms with E-state index in [1.807, 2.05) is 0 Å².